The van der Waals surface area contributed by atoms with E-state index in [0.29, 0.717) is 29.0 Å². The van der Waals surface area contributed by atoms with Crippen molar-refractivity contribution in [3.63, 3.8) is 0 Å². The van der Waals surface area contributed by atoms with Crippen LogP contribution in [0.3, 0.4) is 0 Å². The fraction of sp³-hybridized carbons (Fsp3) is 0.333. The zero-order chi connectivity index (χ0) is 17.5. The highest BCUT2D eigenvalue weighted by atomic mass is 35.5. The van der Waals surface area contributed by atoms with Crippen molar-refractivity contribution >= 4 is 29.3 Å². The van der Waals surface area contributed by atoms with Gasteiger partial charge in [0.1, 0.15) is 12.4 Å². The van der Waals surface area contributed by atoms with Gasteiger partial charge in [-0.2, -0.15) is 0 Å². The third-order valence-electron chi connectivity index (χ3n) is 3.14. The molecule has 0 saturated heterocycles. The van der Waals surface area contributed by atoms with Gasteiger partial charge in [0.15, 0.2) is 0 Å². The van der Waals surface area contributed by atoms with E-state index in [9.17, 15) is 4.79 Å². The fourth-order valence-electron chi connectivity index (χ4n) is 2.06. The van der Waals surface area contributed by atoms with Gasteiger partial charge in [-0.3, -0.25) is 4.79 Å². The number of carboxylic acids is 1. The number of thioether (sulfide) groups is 1. The van der Waals surface area contributed by atoms with Gasteiger partial charge in [0.25, 0.3) is 0 Å². The van der Waals surface area contributed by atoms with E-state index in [1.165, 1.54) is 0 Å². The second-order valence-corrected chi connectivity index (χ2v) is 7.58. The zero-order valence-corrected chi connectivity index (χ0v) is 15.2. The summed E-state index contributed by atoms with van der Waals surface area (Å²) in [7, 11) is 0. The van der Waals surface area contributed by atoms with E-state index in [2.05, 4.69) is 18.8 Å². The highest BCUT2D eigenvalue weighted by molar-refractivity contribution is 7.99. The van der Waals surface area contributed by atoms with Crippen LogP contribution in [-0.2, 0) is 17.8 Å². The van der Waals surface area contributed by atoms with E-state index < -0.39 is 5.97 Å². The summed E-state index contributed by atoms with van der Waals surface area (Å²) in [5, 5.41) is 10.6. The number of carbonyl (C=O) groups is 1. The standard InChI is InChI=1S/C18H20ClNO3S/c1-12(2)24-17-5-3-4-14(20-17)11-23-16-8-6-13(10-15(16)19)7-9-18(21)22/h3-6,8,10,12H,7,9,11H2,1-2H3,(H,21,22). The lowest BCUT2D eigenvalue weighted by Crippen LogP contribution is -2.01. The number of hydrogen-bond acceptors (Lipinski definition) is 4. The van der Waals surface area contributed by atoms with Crippen LogP contribution in [0.2, 0.25) is 5.02 Å². The summed E-state index contributed by atoms with van der Waals surface area (Å²) in [5.74, 6) is -0.254. The highest BCUT2D eigenvalue weighted by Crippen LogP contribution is 2.27. The molecule has 6 heteroatoms. The summed E-state index contributed by atoms with van der Waals surface area (Å²) >= 11 is 7.92. The van der Waals surface area contributed by atoms with Gasteiger partial charge in [-0.15, -0.1) is 11.8 Å². The summed E-state index contributed by atoms with van der Waals surface area (Å²) in [6, 6.07) is 11.2. The van der Waals surface area contributed by atoms with Crippen molar-refractivity contribution in [3.05, 3.63) is 52.7 Å². The molecule has 24 heavy (non-hydrogen) atoms. The third-order valence-corrected chi connectivity index (χ3v) is 4.37. The topological polar surface area (TPSA) is 59.4 Å². The minimum atomic E-state index is -0.823. The predicted molar refractivity (Wildman–Crippen MR) is 97.0 cm³/mol. The first-order valence-corrected chi connectivity index (χ1v) is 8.95. The maximum atomic E-state index is 10.6. The molecule has 0 unspecified atom stereocenters. The van der Waals surface area contributed by atoms with E-state index in [1.807, 2.05) is 24.3 Å². The summed E-state index contributed by atoms with van der Waals surface area (Å²) in [5.41, 5.74) is 1.72. The Morgan fingerprint density at radius 2 is 2.12 bits per heavy atom. The molecule has 0 aliphatic carbocycles. The minimum absolute atomic E-state index is 0.0841. The van der Waals surface area contributed by atoms with Crippen LogP contribution in [-0.4, -0.2) is 21.3 Å². The second-order valence-electron chi connectivity index (χ2n) is 5.58. The normalized spacial score (nSPS) is 10.8. The maximum Gasteiger partial charge on any atom is 0.303 e. The molecule has 0 aliphatic rings. The number of ether oxygens (including phenoxy) is 1. The van der Waals surface area contributed by atoms with Gasteiger partial charge in [-0.25, -0.2) is 4.98 Å². The largest absolute Gasteiger partial charge is 0.486 e. The Labute approximate surface area is 151 Å². The molecule has 0 saturated carbocycles. The van der Waals surface area contributed by atoms with Crippen LogP contribution in [0.25, 0.3) is 0 Å². The molecule has 0 fully saturated rings. The SMILES string of the molecule is CC(C)Sc1cccc(COc2ccc(CCC(=O)O)cc2Cl)n1. The molecule has 128 valence electrons. The fourth-order valence-corrected chi connectivity index (χ4v) is 3.13. The lowest BCUT2D eigenvalue weighted by molar-refractivity contribution is -0.136. The molecule has 1 N–H and O–H groups in total. The first kappa shape index (κ1) is 18.6. The molecule has 2 rings (SSSR count). The third kappa shape index (κ3) is 6.06. The zero-order valence-electron chi connectivity index (χ0n) is 13.7. The highest BCUT2D eigenvalue weighted by Gasteiger charge is 2.07. The van der Waals surface area contributed by atoms with E-state index in [1.54, 1.807) is 23.9 Å². The van der Waals surface area contributed by atoms with Gasteiger partial charge >= 0.3 is 5.97 Å². The monoisotopic (exact) mass is 365 g/mol. The lowest BCUT2D eigenvalue weighted by Gasteiger charge is -2.10. The van der Waals surface area contributed by atoms with Crippen LogP contribution in [0, 0.1) is 0 Å². The number of nitrogens with zero attached hydrogens (tertiary/aromatic N) is 1. The van der Waals surface area contributed by atoms with Crippen molar-refractivity contribution < 1.29 is 14.6 Å². The van der Waals surface area contributed by atoms with Crippen molar-refractivity contribution in [3.8, 4) is 5.75 Å². The van der Waals surface area contributed by atoms with Crippen LogP contribution in [0.5, 0.6) is 5.75 Å². The van der Waals surface area contributed by atoms with Crippen LogP contribution >= 0.6 is 23.4 Å². The number of aromatic nitrogens is 1. The number of halogens is 1. The summed E-state index contributed by atoms with van der Waals surface area (Å²) in [4.78, 5) is 15.2. The molecule has 0 amide bonds. The number of aryl methyl sites for hydroxylation is 1. The van der Waals surface area contributed by atoms with Crippen molar-refractivity contribution in [2.75, 3.05) is 0 Å². The molecule has 0 atom stereocenters. The van der Waals surface area contributed by atoms with Crippen LogP contribution in [0.1, 0.15) is 31.5 Å². The number of rotatable bonds is 8. The molecule has 1 aromatic heterocycles. The average Bonchev–Trinajstić information content (AvgIpc) is 2.51. The summed E-state index contributed by atoms with van der Waals surface area (Å²) in [6.07, 6.45) is 0.534. The summed E-state index contributed by atoms with van der Waals surface area (Å²) < 4.78 is 5.74. The Balaban J connectivity index is 1.97. The Kier molecular flexibility index (Phi) is 6.94. The predicted octanol–water partition coefficient (Wildman–Crippen LogP) is 4.83. The minimum Gasteiger partial charge on any atom is -0.486 e. The van der Waals surface area contributed by atoms with Gasteiger partial charge in [-0.1, -0.05) is 37.6 Å². The first-order valence-electron chi connectivity index (χ1n) is 7.69. The number of hydrogen-bond donors (Lipinski definition) is 1. The Hall–Kier alpha value is -1.72. The number of benzene rings is 1. The molecule has 2 aromatic rings. The first-order chi connectivity index (χ1) is 11.4. The molecule has 0 bridgehead atoms. The average molecular weight is 366 g/mol. The van der Waals surface area contributed by atoms with Gasteiger partial charge in [-0.05, 0) is 36.2 Å². The van der Waals surface area contributed by atoms with Crippen molar-refractivity contribution in [1.82, 2.24) is 4.98 Å². The number of aliphatic carboxylic acids is 1. The smallest absolute Gasteiger partial charge is 0.303 e. The lowest BCUT2D eigenvalue weighted by atomic mass is 10.1. The molecule has 0 aliphatic heterocycles. The van der Waals surface area contributed by atoms with E-state index in [4.69, 9.17) is 21.4 Å². The van der Waals surface area contributed by atoms with Gasteiger partial charge < -0.3 is 9.84 Å². The molecule has 4 nitrogen and oxygen atoms in total. The maximum absolute atomic E-state index is 10.6. The van der Waals surface area contributed by atoms with Crippen molar-refractivity contribution in [1.29, 1.82) is 0 Å². The van der Waals surface area contributed by atoms with E-state index >= 15 is 0 Å². The van der Waals surface area contributed by atoms with Gasteiger partial charge in [0.2, 0.25) is 0 Å². The Morgan fingerprint density at radius 1 is 1.33 bits per heavy atom. The van der Waals surface area contributed by atoms with Gasteiger partial charge in [0, 0.05) is 11.7 Å². The molecule has 0 radical (unpaired) electrons. The van der Waals surface area contributed by atoms with Gasteiger partial charge in [0.05, 0.1) is 15.7 Å². The molecule has 1 aromatic carbocycles. The van der Waals surface area contributed by atoms with Crippen LogP contribution < -0.4 is 4.74 Å². The number of carboxylic acid groups (broad SMARTS) is 1. The van der Waals surface area contributed by atoms with E-state index in [-0.39, 0.29) is 6.42 Å². The molecule has 1 heterocycles. The van der Waals surface area contributed by atoms with Crippen LogP contribution in [0.15, 0.2) is 41.4 Å². The quantitative estimate of drug-likeness (QED) is 0.679. The van der Waals surface area contributed by atoms with Crippen molar-refractivity contribution in [2.24, 2.45) is 0 Å². The molecular formula is C18H20ClNO3S. The van der Waals surface area contributed by atoms with E-state index in [0.717, 1.165) is 16.3 Å². The molecular weight excluding hydrogens is 346 g/mol. The molecule has 0 spiro atoms. The van der Waals surface area contributed by atoms with Crippen molar-refractivity contribution in [2.45, 2.75) is 43.6 Å². The summed E-state index contributed by atoms with van der Waals surface area (Å²) in [6.45, 7) is 4.59. The Morgan fingerprint density at radius 3 is 2.79 bits per heavy atom. The Bertz CT molecular complexity index is 706. The van der Waals surface area contributed by atoms with Crippen LogP contribution in [0.4, 0.5) is 0 Å². The second kappa shape index (κ2) is 8.94. The number of pyridine rings is 1.